The molecule has 0 radical (unpaired) electrons. The highest BCUT2D eigenvalue weighted by molar-refractivity contribution is 8.02. The van der Waals surface area contributed by atoms with E-state index < -0.39 is 23.0 Å². The summed E-state index contributed by atoms with van der Waals surface area (Å²) in [5.74, 6) is -0.830. The Morgan fingerprint density at radius 2 is 2.04 bits per heavy atom. The van der Waals surface area contributed by atoms with Crippen LogP contribution in [-0.2, 0) is 4.79 Å². The lowest BCUT2D eigenvalue weighted by molar-refractivity contribution is -0.119. The van der Waals surface area contributed by atoms with Crippen molar-refractivity contribution in [2.75, 3.05) is 12.4 Å². The Morgan fingerprint density at radius 1 is 1.30 bits per heavy atom. The van der Waals surface area contributed by atoms with Crippen LogP contribution in [0.2, 0.25) is 0 Å². The summed E-state index contributed by atoms with van der Waals surface area (Å²) in [6.45, 7) is 1.65. The fourth-order valence-electron chi connectivity index (χ4n) is 1.47. The second-order valence-electron chi connectivity index (χ2n) is 4.31. The first kappa shape index (κ1) is 17.2. The summed E-state index contributed by atoms with van der Waals surface area (Å²) >= 11 is 2.35. The molecule has 23 heavy (non-hydrogen) atoms. The fraction of sp³-hybridized carbons (Fsp3) is 0.231. The molecular formula is C13H14FN5O2S2. The number of carbonyl (C=O) groups excluding carboxylic acids is 2. The molecule has 122 valence electrons. The number of urea groups is 1. The van der Waals surface area contributed by atoms with Crippen molar-refractivity contribution in [3.8, 4) is 0 Å². The number of hydrogen-bond donors (Lipinski definition) is 3. The smallest absolute Gasteiger partial charge is 0.321 e. The molecule has 3 amide bonds. The van der Waals surface area contributed by atoms with E-state index >= 15 is 0 Å². The second-order valence-corrected chi connectivity index (χ2v) is 6.87. The fourth-order valence-corrected chi connectivity index (χ4v) is 3.37. The van der Waals surface area contributed by atoms with Gasteiger partial charge in [0.15, 0.2) is 4.34 Å². The molecule has 1 aromatic carbocycles. The number of anilines is 2. The molecule has 1 heterocycles. The molecule has 10 heteroatoms. The summed E-state index contributed by atoms with van der Waals surface area (Å²) in [4.78, 5) is 22.9. The number of imide groups is 1. The molecule has 0 aliphatic heterocycles. The van der Waals surface area contributed by atoms with Gasteiger partial charge in [-0.2, -0.15) is 0 Å². The van der Waals surface area contributed by atoms with Crippen molar-refractivity contribution in [1.29, 1.82) is 0 Å². The van der Waals surface area contributed by atoms with E-state index in [1.165, 1.54) is 24.5 Å². The van der Waals surface area contributed by atoms with E-state index in [0.29, 0.717) is 15.2 Å². The molecule has 0 bridgehead atoms. The van der Waals surface area contributed by atoms with Gasteiger partial charge in [0, 0.05) is 7.05 Å². The zero-order valence-corrected chi connectivity index (χ0v) is 13.9. The predicted molar refractivity (Wildman–Crippen MR) is 87.5 cm³/mol. The van der Waals surface area contributed by atoms with E-state index in [9.17, 15) is 14.0 Å². The first-order chi connectivity index (χ1) is 11.0. The van der Waals surface area contributed by atoms with Gasteiger partial charge in [-0.3, -0.25) is 10.1 Å². The van der Waals surface area contributed by atoms with Crippen LogP contribution in [0.25, 0.3) is 0 Å². The topological polar surface area (TPSA) is 96.0 Å². The number of para-hydroxylation sites is 1. The number of rotatable bonds is 5. The maximum absolute atomic E-state index is 13.6. The van der Waals surface area contributed by atoms with Crippen LogP contribution < -0.4 is 16.0 Å². The Hall–Kier alpha value is -2.20. The number of halogens is 1. The van der Waals surface area contributed by atoms with Crippen molar-refractivity contribution >= 4 is 45.9 Å². The normalized spacial score (nSPS) is 11.6. The van der Waals surface area contributed by atoms with Crippen molar-refractivity contribution in [3.63, 3.8) is 0 Å². The standard InChI is InChI=1S/C13H14FN5O2S2/c1-7(10(20)17-11(21)15-2)22-13-19-18-12(23-13)16-9-6-4-3-5-8(9)14/h3-7H,1-2H3,(H,16,18)(H2,15,17,20,21)/t7-/m0/s1. The van der Waals surface area contributed by atoms with Crippen molar-refractivity contribution in [2.45, 2.75) is 16.5 Å². The van der Waals surface area contributed by atoms with Crippen molar-refractivity contribution in [2.24, 2.45) is 0 Å². The van der Waals surface area contributed by atoms with Gasteiger partial charge in [-0.15, -0.1) is 10.2 Å². The van der Waals surface area contributed by atoms with Crippen LogP contribution in [-0.4, -0.2) is 34.4 Å². The molecule has 2 aromatic rings. The molecule has 3 N–H and O–H groups in total. The van der Waals surface area contributed by atoms with E-state index in [0.717, 1.165) is 11.8 Å². The maximum atomic E-state index is 13.6. The van der Waals surface area contributed by atoms with Gasteiger partial charge >= 0.3 is 6.03 Å². The third kappa shape index (κ3) is 4.89. The maximum Gasteiger partial charge on any atom is 0.321 e. The van der Waals surface area contributed by atoms with Crippen LogP contribution >= 0.6 is 23.1 Å². The van der Waals surface area contributed by atoms with Crippen molar-refractivity contribution in [3.05, 3.63) is 30.1 Å². The number of amides is 3. The SMILES string of the molecule is CNC(=O)NC(=O)[C@H](C)Sc1nnc(Nc2ccccc2F)s1. The zero-order valence-electron chi connectivity index (χ0n) is 12.3. The highest BCUT2D eigenvalue weighted by atomic mass is 32.2. The van der Waals surface area contributed by atoms with E-state index in [-0.39, 0.29) is 0 Å². The Labute approximate surface area is 140 Å². The number of carbonyl (C=O) groups is 2. The molecule has 0 aliphatic rings. The lowest BCUT2D eigenvalue weighted by Gasteiger charge is -2.08. The molecule has 0 spiro atoms. The van der Waals surface area contributed by atoms with E-state index in [1.807, 2.05) is 0 Å². The number of nitrogens with zero attached hydrogens (tertiary/aromatic N) is 2. The van der Waals surface area contributed by atoms with Gasteiger partial charge in [-0.1, -0.05) is 35.2 Å². The number of hydrogen-bond acceptors (Lipinski definition) is 7. The predicted octanol–water partition coefficient (Wildman–Crippen LogP) is 2.36. The molecule has 2 rings (SSSR count). The Kier molecular flexibility index (Phi) is 5.88. The first-order valence-corrected chi connectivity index (χ1v) is 8.23. The summed E-state index contributed by atoms with van der Waals surface area (Å²) in [6.07, 6.45) is 0. The summed E-state index contributed by atoms with van der Waals surface area (Å²) < 4.78 is 14.1. The third-order valence-electron chi connectivity index (χ3n) is 2.63. The third-order valence-corrected chi connectivity index (χ3v) is 4.66. The number of nitrogens with one attached hydrogen (secondary N) is 3. The van der Waals surface area contributed by atoms with Gasteiger partial charge in [0.05, 0.1) is 10.9 Å². The molecule has 0 fully saturated rings. The Balaban J connectivity index is 1.95. The summed E-state index contributed by atoms with van der Waals surface area (Å²) in [7, 11) is 1.42. The van der Waals surface area contributed by atoms with Crippen LogP contribution in [0.5, 0.6) is 0 Å². The van der Waals surface area contributed by atoms with Gasteiger partial charge in [0.2, 0.25) is 11.0 Å². The number of aromatic nitrogens is 2. The Morgan fingerprint density at radius 3 is 2.74 bits per heavy atom. The number of benzene rings is 1. The second kappa shape index (κ2) is 7.88. The van der Waals surface area contributed by atoms with Crippen LogP contribution in [0.15, 0.2) is 28.6 Å². The highest BCUT2D eigenvalue weighted by Gasteiger charge is 2.19. The molecule has 0 unspecified atom stereocenters. The van der Waals surface area contributed by atoms with Gasteiger partial charge in [0.1, 0.15) is 5.82 Å². The lowest BCUT2D eigenvalue weighted by Crippen LogP contribution is -2.41. The monoisotopic (exact) mass is 355 g/mol. The Bertz CT molecular complexity index is 709. The lowest BCUT2D eigenvalue weighted by atomic mass is 10.3. The minimum Gasteiger partial charge on any atom is -0.341 e. The molecule has 0 saturated heterocycles. The first-order valence-electron chi connectivity index (χ1n) is 6.54. The quantitative estimate of drug-likeness (QED) is 0.713. The van der Waals surface area contributed by atoms with Crippen molar-refractivity contribution < 1.29 is 14.0 Å². The summed E-state index contributed by atoms with van der Waals surface area (Å²) in [5, 5.41) is 15.0. The van der Waals surface area contributed by atoms with Gasteiger partial charge in [0.25, 0.3) is 0 Å². The minimum atomic E-state index is -0.568. The molecule has 1 atom stereocenters. The largest absolute Gasteiger partial charge is 0.341 e. The van der Waals surface area contributed by atoms with E-state index in [1.54, 1.807) is 25.1 Å². The molecular weight excluding hydrogens is 341 g/mol. The molecule has 1 aromatic heterocycles. The van der Waals surface area contributed by atoms with E-state index in [4.69, 9.17) is 0 Å². The average Bonchev–Trinajstić information content (AvgIpc) is 2.96. The minimum absolute atomic E-state index is 0.297. The summed E-state index contributed by atoms with van der Waals surface area (Å²) in [6, 6.07) is 5.65. The molecule has 0 aliphatic carbocycles. The van der Waals surface area contributed by atoms with Gasteiger partial charge in [-0.25, -0.2) is 9.18 Å². The van der Waals surface area contributed by atoms with Crippen molar-refractivity contribution in [1.82, 2.24) is 20.8 Å². The van der Waals surface area contributed by atoms with Crippen LogP contribution in [0, 0.1) is 5.82 Å². The van der Waals surface area contributed by atoms with E-state index in [2.05, 4.69) is 26.1 Å². The van der Waals surface area contributed by atoms with Crippen LogP contribution in [0.3, 0.4) is 0 Å². The zero-order chi connectivity index (χ0) is 16.8. The van der Waals surface area contributed by atoms with Crippen LogP contribution in [0.1, 0.15) is 6.92 Å². The molecule has 7 nitrogen and oxygen atoms in total. The number of thioether (sulfide) groups is 1. The van der Waals surface area contributed by atoms with Gasteiger partial charge < -0.3 is 10.6 Å². The average molecular weight is 355 g/mol. The molecule has 0 saturated carbocycles. The van der Waals surface area contributed by atoms with Crippen LogP contribution in [0.4, 0.5) is 20.0 Å². The highest BCUT2D eigenvalue weighted by Crippen LogP contribution is 2.30. The summed E-state index contributed by atoms with van der Waals surface area (Å²) in [5.41, 5.74) is 0.297. The van der Waals surface area contributed by atoms with Gasteiger partial charge in [-0.05, 0) is 19.1 Å².